The van der Waals surface area contributed by atoms with E-state index in [0.29, 0.717) is 0 Å². The summed E-state index contributed by atoms with van der Waals surface area (Å²) in [5.41, 5.74) is 0.946. The van der Waals surface area contributed by atoms with E-state index in [2.05, 4.69) is 0 Å². The molecule has 1 saturated carbocycles. The molecule has 0 saturated heterocycles. The van der Waals surface area contributed by atoms with Crippen LogP contribution in [-0.4, -0.2) is 13.0 Å². The Bertz CT molecular complexity index is 684. The van der Waals surface area contributed by atoms with Crippen molar-refractivity contribution in [1.29, 1.82) is 0 Å². The van der Waals surface area contributed by atoms with E-state index in [4.69, 9.17) is 5.14 Å². The van der Waals surface area contributed by atoms with Crippen LogP contribution in [0.2, 0.25) is 0 Å². The number of nitrogens with two attached hydrogens (primary N) is 1. The lowest BCUT2D eigenvalue weighted by Crippen LogP contribution is -2.11. The van der Waals surface area contributed by atoms with Gasteiger partial charge >= 0.3 is 0 Å². The van der Waals surface area contributed by atoms with Crippen molar-refractivity contribution in [2.75, 3.05) is 0 Å². The summed E-state index contributed by atoms with van der Waals surface area (Å²) in [6.07, 6.45) is 5.40. The Hall–Kier alpha value is -1.33. The van der Waals surface area contributed by atoms with Crippen LogP contribution in [0.4, 0.5) is 0 Å². The predicted octanol–water partition coefficient (Wildman–Crippen LogP) is 2.09. The van der Waals surface area contributed by atoms with Crippen LogP contribution in [0.3, 0.4) is 0 Å². The van der Waals surface area contributed by atoms with E-state index < -0.39 is 10.0 Å². The molecule has 0 atom stereocenters. The van der Waals surface area contributed by atoms with Gasteiger partial charge in [-0.2, -0.15) is 0 Å². The van der Waals surface area contributed by atoms with Gasteiger partial charge in [0.1, 0.15) is 4.90 Å². The van der Waals surface area contributed by atoms with E-state index in [1.165, 1.54) is 12.8 Å². The molecule has 2 aromatic rings. The van der Waals surface area contributed by atoms with E-state index in [9.17, 15) is 8.42 Å². The Labute approximate surface area is 106 Å². The number of nitrogens with zero attached hydrogens (tertiary/aromatic N) is 1. The zero-order valence-corrected chi connectivity index (χ0v) is 10.9. The average Bonchev–Trinajstić information content (AvgIpc) is 3.06. The lowest BCUT2D eigenvalue weighted by Gasteiger charge is -2.03. The molecule has 18 heavy (non-hydrogen) atoms. The predicted molar refractivity (Wildman–Crippen MR) is 70.7 cm³/mol. The van der Waals surface area contributed by atoms with Crippen LogP contribution in [-0.2, 0) is 16.6 Å². The molecule has 0 spiro atoms. The zero-order valence-electron chi connectivity index (χ0n) is 10.0. The van der Waals surface area contributed by atoms with Crippen molar-refractivity contribution in [3.8, 4) is 0 Å². The van der Waals surface area contributed by atoms with Crippen molar-refractivity contribution in [2.45, 2.75) is 30.7 Å². The standard InChI is InChI=1S/C13H16N2O2S/c14-18(16,17)13-9-15(8-7-10-5-6-10)12-4-2-1-3-11(12)13/h1-4,9-10H,5-8H2,(H2,14,16,17). The lowest BCUT2D eigenvalue weighted by molar-refractivity contribution is 0.593. The maximum Gasteiger partial charge on any atom is 0.240 e. The first-order valence-electron chi connectivity index (χ1n) is 6.16. The summed E-state index contributed by atoms with van der Waals surface area (Å²) in [7, 11) is -3.65. The topological polar surface area (TPSA) is 65.1 Å². The minimum absolute atomic E-state index is 0.230. The first-order valence-corrected chi connectivity index (χ1v) is 7.71. The van der Waals surface area contributed by atoms with Crippen LogP contribution >= 0.6 is 0 Å². The SMILES string of the molecule is NS(=O)(=O)c1cn(CCC2CC2)c2ccccc12. The molecule has 1 fully saturated rings. The van der Waals surface area contributed by atoms with Crippen molar-refractivity contribution < 1.29 is 8.42 Å². The smallest absolute Gasteiger partial charge is 0.240 e. The molecule has 0 unspecified atom stereocenters. The molecule has 0 radical (unpaired) electrons. The maximum absolute atomic E-state index is 11.6. The first kappa shape index (κ1) is 11.7. The van der Waals surface area contributed by atoms with Gasteiger partial charge in [-0.15, -0.1) is 0 Å². The number of benzene rings is 1. The van der Waals surface area contributed by atoms with Crippen LogP contribution in [0.5, 0.6) is 0 Å². The minimum atomic E-state index is -3.65. The Morgan fingerprint density at radius 2 is 2.00 bits per heavy atom. The second-order valence-electron chi connectivity index (χ2n) is 4.98. The van der Waals surface area contributed by atoms with Gasteiger partial charge in [0.2, 0.25) is 10.0 Å². The van der Waals surface area contributed by atoms with Crippen LogP contribution in [0, 0.1) is 5.92 Å². The molecule has 1 aromatic heterocycles. The van der Waals surface area contributed by atoms with Gasteiger partial charge in [0.15, 0.2) is 0 Å². The van der Waals surface area contributed by atoms with Crippen LogP contribution in [0.1, 0.15) is 19.3 Å². The third kappa shape index (κ3) is 2.15. The Balaban J connectivity index is 2.07. The molecule has 3 rings (SSSR count). The summed E-state index contributed by atoms with van der Waals surface area (Å²) in [4.78, 5) is 0.230. The van der Waals surface area contributed by atoms with Crippen molar-refractivity contribution in [3.05, 3.63) is 30.5 Å². The normalized spacial score (nSPS) is 16.3. The molecule has 1 aliphatic carbocycles. The highest BCUT2D eigenvalue weighted by Crippen LogP contribution is 2.33. The third-order valence-corrected chi connectivity index (χ3v) is 4.47. The van der Waals surface area contributed by atoms with Crippen molar-refractivity contribution in [3.63, 3.8) is 0 Å². The van der Waals surface area contributed by atoms with E-state index in [1.54, 1.807) is 6.20 Å². The second-order valence-corrected chi connectivity index (χ2v) is 6.51. The summed E-state index contributed by atoms with van der Waals surface area (Å²) in [5.74, 6) is 0.823. The third-order valence-electron chi connectivity index (χ3n) is 3.53. The molecule has 4 nitrogen and oxygen atoms in total. The monoisotopic (exact) mass is 264 g/mol. The molecule has 2 N–H and O–H groups in total. The maximum atomic E-state index is 11.6. The Kier molecular flexibility index (Phi) is 2.68. The van der Waals surface area contributed by atoms with E-state index in [0.717, 1.165) is 29.8 Å². The fraction of sp³-hybridized carbons (Fsp3) is 0.385. The van der Waals surface area contributed by atoms with Gasteiger partial charge < -0.3 is 4.57 Å². The summed E-state index contributed by atoms with van der Waals surface area (Å²) in [6.45, 7) is 0.862. The Morgan fingerprint density at radius 3 is 2.67 bits per heavy atom. The van der Waals surface area contributed by atoms with Crippen LogP contribution in [0.15, 0.2) is 35.4 Å². The number of sulfonamides is 1. The number of rotatable bonds is 4. The molecule has 1 aliphatic rings. The highest BCUT2D eigenvalue weighted by Gasteiger charge is 2.22. The largest absolute Gasteiger partial charge is 0.346 e. The minimum Gasteiger partial charge on any atom is -0.346 e. The number of primary sulfonamides is 1. The first-order chi connectivity index (χ1) is 8.55. The van der Waals surface area contributed by atoms with Gasteiger partial charge in [0, 0.05) is 23.6 Å². The van der Waals surface area contributed by atoms with Gasteiger partial charge in [0.25, 0.3) is 0 Å². The molecule has 0 amide bonds. The molecule has 0 bridgehead atoms. The lowest BCUT2D eigenvalue weighted by atomic mass is 10.2. The summed E-state index contributed by atoms with van der Waals surface area (Å²) >= 11 is 0. The fourth-order valence-corrected chi connectivity index (χ4v) is 3.11. The fourth-order valence-electron chi connectivity index (χ4n) is 2.35. The van der Waals surface area contributed by atoms with Gasteiger partial charge in [-0.25, -0.2) is 13.6 Å². The molecule has 1 heterocycles. The number of para-hydroxylation sites is 1. The number of hydrogen-bond acceptors (Lipinski definition) is 2. The van der Waals surface area contributed by atoms with Crippen LogP contribution in [0.25, 0.3) is 10.9 Å². The van der Waals surface area contributed by atoms with Crippen molar-refractivity contribution in [2.24, 2.45) is 11.1 Å². The second kappa shape index (κ2) is 4.10. The zero-order chi connectivity index (χ0) is 12.8. The highest BCUT2D eigenvalue weighted by atomic mass is 32.2. The Morgan fingerprint density at radius 1 is 1.28 bits per heavy atom. The molecular formula is C13H16N2O2S. The highest BCUT2D eigenvalue weighted by molar-refractivity contribution is 7.89. The van der Waals surface area contributed by atoms with Gasteiger partial charge in [0.05, 0.1) is 0 Å². The summed E-state index contributed by atoms with van der Waals surface area (Å²) in [5, 5.41) is 5.98. The number of hydrogen-bond donors (Lipinski definition) is 1. The summed E-state index contributed by atoms with van der Waals surface area (Å²) in [6, 6.07) is 7.50. The van der Waals surface area contributed by atoms with E-state index in [-0.39, 0.29) is 4.90 Å². The van der Waals surface area contributed by atoms with Crippen molar-refractivity contribution >= 4 is 20.9 Å². The van der Waals surface area contributed by atoms with E-state index in [1.807, 2.05) is 28.8 Å². The van der Waals surface area contributed by atoms with Gasteiger partial charge in [-0.1, -0.05) is 31.0 Å². The number of aromatic nitrogens is 1. The average molecular weight is 264 g/mol. The van der Waals surface area contributed by atoms with E-state index >= 15 is 0 Å². The summed E-state index contributed by atoms with van der Waals surface area (Å²) < 4.78 is 25.2. The molecule has 1 aromatic carbocycles. The molecule has 96 valence electrons. The van der Waals surface area contributed by atoms with Gasteiger partial charge in [-0.3, -0.25) is 0 Å². The molecular weight excluding hydrogens is 248 g/mol. The van der Waals surface area contributed by atoms with Crippen LogP contribution < -0.4 is 5.14 Å². The van der Waals surface area contributed by atoms with Crippen molar-refractivity contribution in [1.82, 2.24) is 4.57 Å². The quantitative estimate of drug-likeness (QED) is 0.919. The van der Waals surface area contributed by atoms with Gasteiger partial charge in [-0.05, 0) is 18.4 Å². The number of fused-ring (bicyclic) bond motifs is 1. The number of aryl methyl sites for hydroxylation is 1. The molecule has 5 heteroatoms. The molecule has 0 aliphatic heterocycles.